The molecule has 2 heterocycles. The van der Waals surface area contributed by atoms with Gasteiger partial charge in [-0.15, -0.1) is 0 Å². The number of nitrogens with zero attached hydrogens (tertiary/aromatic N) is 1. The Kier molecular flexibility index (Phi) is 1.18. The van der Waals surface area contributed by atoms with Crippen LogP contribution in [0.15, 0.2) is 9.59 Å². The van der Waals surface area contributed by atoms with E-state index in [2.05, 4.69) is 20.4 Å². The van der Waals surface area contributed by atoms with Gasteiger partial charge in [0.2, 0.25) is 0 Å². The molecule has 12 heavy (non-hydrogen) atoms. The number of hydrogen-bond acceptors (Lipinski definition) is 3. The molecule has 0 aliphatic rings. The first-order valence-electron chi connectivity index (χ1n) is 3.36. The van der Waals surface area contributed by atoms with E-state index in [-0.39, 0.29) is 0 Å². The third-order valence-corrected chi connectivity index (χ3v) is 1.67. The molecule has 0 atom stereocenters. The molecule has 0 unspecified atom stereocenters. The van der Waals surface area contributed by atoms with Crippen molar-refractivity contribution in [3.63, 3.8) is 0 Å². The molecule has 2 aromatic heterocycles. The van der Waals surface area contributed by atoms with E-state index in [1.54, 1.807) is 6.92 Å². The number of aryl methyl sites for hydroxylation is 1. The second-order valence-corrected chi connectivity index (χ2v) is 2.48. The summed E-state index contributed by atoms with van der Waals surface area (Å²) in [5, 5.41) is 11.4. The molecular formula is C6H6N4O2. The van der Waals surface area contributed by atoms with E-state index in [1.165, 1.54) is 0 Å². The molecule has 6 nitrogen and oxygen atoms in total. The summed E-state index contributed by atoms with van der Waals surface area (Å²) in [6.45, 7) is 1.68. The summed E-state index contributed by atoms with van der Waals surface area (Å²) in [5.41, 5.74) is -0.253. The third kappa shape index (κ3) is 0.714. The van der Waals surface area contributed by atoms with Crippen molar-refractivity contribution in [3.8, 4) is 0 Å². The van der Waals surface area contributed by atoms with Crippen LogP contribution in [0.3, 0.4) is 0 Å². The molecule has 3 N–H and O–H groups in total. The first kappa shape index (κ1) is 6.84. The molecule has 0 radical (unpaired) electrons. The average molecular weight is 166 g/mol. The van der Waals surface area contributed by atoms with Crippen LogP contribution in [0.2, 0.25) is 0 Å². The Morgan fingerprint density at radius 1 is 1.25 bits per heavy atom. The lowest BCUT2D eigenvalue weighted by atomic mass is 10.3. The SMILES string of the molecule is Cc1[nH]nc2[nH][nH]c(=O)c(=O)c12. The molecule has 0 saturated heterocycles. The first-order chi connectivity index (χ1) is 5.70. The number of fused-ring (bicyclic) bond motifs is 1. The fourth-order valence-electron chi connectivity index (χ4n) is 1.08. The lowest BCUT2D eigenvalue weighted by Gasteiger charge is -1.85. The first-order valence-corrected chi connectivity index (χ1v) is 3.36. The van der Waals surface area contributed by atoms with Gasteiger partial charge >= 0.3 is 5.56 Å². The molecule has 2 rings (SSSR count). The number of aromatic amines is 3. The van der Waals surface area contributed by atoms with Crippen LogP contribution in [-0.2, 0) is 0 Å². The number of aromatic nitrogens is 4. The molecule has 62 valence electrons. The minimum Gasteiger partial charge on any atom is -0.283 e. The molecular weight excluding hydrogens is 160 g/mol. The van der Waals surface area contributed by atoms with E-state index in [9.17, 15) is 9.59 Å². The van der Waals surface area contributed by atoms with E-state index >= 15 is 0 Å². The number of rotatable bonds is 0. The average Bonchev–Trinajstić information content (AvgIpc) is 2.41. The largest absolute Gasteiger partial charge is 0.310 e. The van der Waals surface area contributed by atoms with Gasteiger partial charge in [-0.3, -0.25) is 24.9 Å². The van der Waals surface area contributed by atoms with E-state index in [4.69, 9.17) is 0 Å². The minimum atomic E-state index is -0.660. The van der Waals surface area contributed by atoms with Gasteiger partial charge in [0.1, 0.15) is 0 Å². The zero-order valence-corrected chi connectivity index (χ0v) is 6.26. The maximum atomic E-state index is 11.2. The zero-order valence-electron chi connectivity index (χ0n) is 6.26. The second kappa shape index (κ2) is 2.07. The predicted molar refractivity (Wildman–Crippen MR) is 42.1 cm³/mol. The quantitative estimate of drug-likeness (QED) is 0.449. The van der Waals surface area contributed by atoms with Crippen LogP contribution in [0.1, 0.15) is 5.69 Å². The fraction of sp³-hybridized carbons (Fsp3) is 0.167. The molecule has 0 bridgehead atoms. The van der Waals surface area contributed by atoms with Crippen LogP contribution in [-0.4, -0.2) is 20.4 Å². The second-order valence-electron chi connectivity index (χ2n) is 2.48. The van der Waals surface area contributed by atoms with Crippen molar-refractivity contribution in [1.29, 1.82) is 0 Å². The van der Waals surface area contributed by atoms with Crippen molar-refractivity contribution in [1.82, 2.24) is 20.4 Å². The van der Waals surface area contributed by atoms with Crippen LogP contribution >= 0.6 is 0 Å². The molecule has 0 fully saturated rings. The molecule has 2 aromatic rings. The van der Waals surface area contributed by atoms with Gasteiger partial charge in [-0.2, -0.15) is 5.10 Å². The maximum Gasteiger partial charge on any atom is 0.310 e. The minimum absolute atomic E-state index is 0.318. The smallest absolute Gasteiger partial charge is 0.283 e. The number of nitrogens with one attached hydrogen (secondary N) is 3. The highest BCUT2D eigenvalue weighted by molar-refractivity contribution is 5.75. The van der Waals surface area contributed by atoms with Gasteiger partial charge in [-0.1, -0.05) is 0 Å². The lowest BCUT2D eigenvalue weighted by Crippen LogP contribution is -2.27. The van der Waals surface area contributed by atoms with Gasteiger partial charge in [0.05, 0.1) is 5.39 Å². The number of hydrogen-bond donors (Lipinski definition) is 3. The fourth-order valence-corrected chi connectivity index (χ4v) is 1.08. The van der Waals surface area contributed by atoms with Gasteiger partial charge in [-0.05, 0) is 6.92 Å². The summed E-state index contributed by atoms with van der Waals surface area (Å²) in [6, 6.07) is 0. The molecule has 0 saturated carbocycles. The molecule has 0 aliphatic carbocycles. The molecule has 0 spiro atoms. The van der Waals surface area contributed by atoms with Crippen LogP contribution < -0.4 is 11.0 Å². The van der Waals surface area contributed by atoms with Crippen molar-refractivity contribution in [3.05, 3.63) is 26.3 Å². The van der Waals surface area contributed by atoms with Gasteiger partial charge in [0.25, 0.3) is 5.43 Å². The van der Waals surface area contributed by atoms with Crippen molar-refractivity contribution in [2.45, 2.75) is 6.92 Å². The van der Waals surface area contributed by atoms with Crippen LogP contribution in [0.25, 0.3) is 11.0 Å². The van der Waals surface area contributed by atoms with Crippen molar-refractivity contribution in [2.75, 3.05) is 0 Å². The van der Waals surface area contributed by atoms with E-state index in [0.29, 0.717) is 16.7 Å². The Morgan fingerprint density at radius 3 is 2.75 bits per heavy atom. The Morgan fingerprint density at radius 2 is 2.00 bits per heavy atom. The van der Waals surface area contributed by atoms with Crippen molar-refractivity contribution < 1.29 is 0 Å². The van der Waals surface area contributed by atoms with Gasteiger partial charge in [-0.25, -0.2) is 0 Å². The van der Waals surface area contributed by atoms with Gasteiger partial charge in [0.15, 0.2) is 5.65 Å². The topological polar surface area (TPSA) is 94.4 Å². The van der Waals surface area contributed by atoms with Crippen molar-refractivity contribution in [2.24, 2.45) is 0 Å². The monoisotopic (exact) mass is 166 g/mol. The van der Waals surface area contributed by atoms with Crippen molar-refractivity contribution >= 4 is 11.0 Å². The lowest BCUT2D eigenvalue weighted by molar-refractivity contribution is 0.981. The van der Waals surface area contributed by atoms with Crippen LogP contribution in [0, 0.1) is 6.92 Å². The summed E-state index contributed by atoms with van der Waals surface area (Å²) in [4.78, 5) is 22.0. The zero-order chi connectivity index (χ0) is 8.72. The predicted octanol–water partition coefficient (Wildman–Crippen LogP) is -0.752. The Balaban J connectivity index is 3.17. The Hall–Kier alpha value is -1.85. The molecule has 0 amide bonds. The Labute approximate surface area is 65.6 Å². The third-order valence-electron chi connectivity index (χ3n) is 1.67. The maximum absolute atomic E-state index is 11.2. The van der Waals surface area contributed by atoms with Crippen LogP contribution in [0.4, 0.5) is 0 Å². The Bertz CT molecular complexity index is 532. The normalized spacial score (nSPS) is 10.8. The van der Waals surface area contributed by atoms with E-state index in [1.807, 2.05) is 0 Å². The molecule has 0 aliphatic heterocycles. The van der Waals surface area contributed by atoms with Gasteiger partial charge < -0.3 is 0 Å². The van der Waals surface area contributed by atoms with E-state index < -0.39 is 11.0 Å². The van der Waals surface area contributed by atoms with Gasteiger partial charge in [0, 0.05) is 5.69 Å². The number of H-pyrrole nitrogens is 3. The summed E-state index contributed by atoms with van der Waals surface area (Å²) in [7, 11) is 0. The highest BCUT2D eigenvalue weighted by Crippen LogP contribution is 2.03. The summed E-state index contributed by atoms with van der Waals surface area (Å²) < 4.78 is 0. The highest BCUT2D eigenvalue weighted by Gasteiger charge is 2.07. The standard InChI is InChI=1S/C6H6N4O2/c1-2-3-4(11)6(12)10-9-5(3)8-7-2/h1H3,(H,10,12)(H2,7,8,9,11). The van der Waals surface area contributed by atoms with E-state index in [0.717, 1.165) is 0 Å². The summed E-state index contributed by atoms with van der Waals surface area (Å²) in [5.74, 6) is 0. The molecule has 6 heteroatoms. The summed E-state index contributed by atoms with van der Waals surface area (Å²) >= 11 is 0. The molecule has 0 aromatic carbocycles. The highest BCUT2D eigenvalue weighted by atomic mass is 16.2. The van der Waals surface area contributed by atoms with Crippen LogP contribution in [0.5, 0.6) is 0 Å². The summed E-state index contributed by atoms with van der Waals surface area (Å²) in [6.07, 6.45) is 0.